The fraction of sp³-hybridized carbons (Fsp3) is 0.316. The zero-order valence-electron chi connectivity index (χ0n) is 15.9. The number of sulfonamides is 1. The Bertz CT molecular complexity index is 1130. The van der Waals surface area contributed by atoms with Gasteiger partial charge in [0.2, 0.25) is 0 Å². The number of nitrogens with zero attached hydrogens (tertiary/aromatic N) is 3. The Hall–Kier alpha value is -2.72. The Morgan fingerprint density at radius 2 is 1.97 bits per heavy atom. The summed E-state index contributed by atoms with van der Waals surface area (Å²) < 4.78 is 30.1. The van der Waals surface area contributed by atoms with E-state index in [1.54, 1.807) is 17.5 Å². The second-order valence-corrected chi connectivity index (χ2v) is 9.48. The molecule has 4 rings (SSSR count). The monoisotopic (exact) mass is 431 g/mol. The second kappa shape index (κ2) is 7.96. The minimum atomic E-state index is -3.88. The normalized spacial score (nSPS) is 13.7. The van der Waals surface area contributed by atoms with Crippen molar-refractivity contribution in [3.05, 3.63) is 57.8 Å². The van der Waals surface area contributed by atoms with Crippen LogP contribution in [0.25, 0.3) is 0 Å². The number of carbonyl (C=O) groups excluding carboxylic acids is 1. The molecule has 0 fully saturated rings. The van der Waals surface area contributed by atoms with Gasteiger partial charge >= 0.3 is 0 Å². The molecule has 1 aliphatic heterocycles. The van der Waals surface area contributed by atoms with E-state index in [0.717, 1.165) is 48.5 Å². The van der Waals surface area contributed by atoms with Gasteiger partial charge in [-0.2, -0.15) is 0 Å². The number of benzene rings is 1. The average Bonchev–Trinajstić information content (AvgIpc) is 3.35. The van der Waals surface area contributed by atoms with Crippen LogP contribution in [0.15, 0.2) is 40.6 Å². The maximum atomic E-state index is 12.8. The lowest BCUT2D eigenvalue weighted by atomic mass is 10.2. The molecule has 0 saturated carbocycles. The predicted octanol–water partition coefficient (Wildman–Crippen LogP) is 2.72. The predicted molar refractivity (Wildman–Crippen MR) is 110 cm³/mol. The summed E-state index contributed by atoms with van der Waals surface area (Å²) >= 11 is 1.09. The average molecular weight is 432 g/mol. The zero-order chi connectivity index (χ0) is 20.4. The Kier molecular flexibility index (Phi) is 5.37. The molecule has 1 aromatic carbocycles. The molecule has 1 amide bonds. The second-order valence-electron chi connectivity index (χ2n) is 6.91. The molecule has 1 aliphatic rings. The molecule has 0 saturated heterocycles. The lowest BCUT2D eigenvalue weighted by Gasteiger charge is -2.15. The van der Waals surface area contributed by atoms with Crippen LogP contribution in [0, 0.1) is 6.92 Å². The molecule has 2 N–H and O–H groups in total. The number of hydrogen-bond acceptors (Lipinski definition) is 6. The van der Waals surface area contributed by atoms with Crippen LogP contribution in [-0.4, -0.2) is 29.1 Å². The van der Waals surface area contributed by atoms with Crippen LogP contribution in [-0.2, 0) is 29.5 Å². The Morgan fingerprint density at radius 3 is 2.76 bits per heavy atom. The largest absolute Gasteiger partial charge is 0.344 e. The molecule has 29 heavy (non-hydrogen) atoms. The first-order chi connectivity index (χ1) is 13.9. The maximum absolute atomic E-state index is 12.8. The Morgan fingerprint density at radius 1 is 1.17 bits per heavy atom. The summed E-state index contributed by atoms with van der Waals surface area (Å²) in [5, 5.41) is 12.7. The fourth-order valence-corrected chi connectivity index (χ4v) is 5.65. The van der Waals surface area contributed by atoms with Crippen molar-refractivity contribution in [1.29, 1.82) is 0 Å². The number of hydrogen-bond donors (Lipinski definition) is 2. The van der Waals surface area contributed by atoms with Gasteiger partial charge in [0.25, 0.3) is 15.9 Å². The van der Waals surface area contributed by atoms with Gasteiger partial charge in [-0.25, -0.2) is 8.42 Å². The molecule has 2 aromatic heterocycles. The van der Waals surface area contributed by atoms with Crippen molar-refractivity contribution >= 4 is 33.0 Å². The van der Waals surface area contributed by atoms with E-state index in [4.69, 9.17) is 0 Å². The van der Waals surface area contributed by atoms with Crippen molar-refractivity contribution in [3.63, 3.8) is 0 Å². The molecule has 8 nitrogen and oxygen atoms in total. The first kappa shape index (κ1) is 19.6. The van der Waals surface area contributed by atoms with Crippen molar-refractivity contribution in [2.75, 3.05) is 4.72 Å². The lowest BCUT2D eigenvalue weighted by Crippen LogP contribution is -2.26. The van der Waals surface area contributed by atoms with Gasteiger partial charge in [0.05, 0.1) is 6.54 Å². The summed E-state index contributed by atoms with van der Waals surface area (Å²) in [4.78, 5) is 12.8. The first-order valence-electron chi connectivity index (χ1n) is 9.30. The third-order valence-corrected chi connectivity index (χ3v) is 7.24. The van der Waals surface area contributed by atoms with Gasteiger partial charge in [-0.05, 0) is 43.3 Å². The maximum Gasteiger partial charge on any atom is 0.263 e. The van der Waals surface area contributed by atoms with Crippen LogP contribution in [0.4, 0.5) is 5.69 Å². The summed E-state index contributed by atoms with van der Waals surface area (Å²) in [6.45, 7) is 2.97. The molecule has 0 aliphatic carbocycles. The van der Waals surface area contributed by atoms with E-state index in [1.807, 2.05) is 23.6 Å². The van der Waals surface area contributed by atoms with Gasteiger partial charge in [0.15, 0.2) is 5.82 Å². The molecule has 152 valence electrons. The summed E-state index contributed by atoms with van der Waals surface area (Å²) in [5.41, 5.74) is 1.47. The Balaban J connectivity index is 1.48. The number of thiophene rings is 1. The lowest BCUT2D eigenvalue weighted by molar-refractivity contribution is 0.0950. The third-order valence-electron chi connectivity index (χ3n) is 4.77. The van der Waals surface area contributed by atoms with Gasteiger partial charge in [-0.1, -0.05) is 17.7 Å². The van der Waals surface area contributed by atoms with E-state index in [0.29, 0.717) is 11.5 Å². The zero-order valence-corrected chi connectivity index (χ0v) is 17.5. The van der Waals surface area contributed by atoms with Crippen molar-refractivity contribution in [1.82, 2.24) is 20.1 Å². The summed E-state index contributed by atoms with van der Waals surface area (Å²) in [6.07, 6.45) is 3.04. The van der Waals surface area contributed by atoms with Crippen LogP contribution >= 0.6 is 11.3 Å². The topological polar surface area (TPSA) is 106 Å². The van der Waals surface area contributed by atoms with Gasteiger partial charge in [0, 0.05) is 18.7 Å². The van der Waals surface area contributed by atoms with Crippen molar-refractivity contribution in [2.45, 2.75) is 44.2 Å². The molecule has 3 heterocycles. The number of carbonyl (C=O) groups is 1. The number of anilines is 1. The molecule has 0 unspecified atom stereocenters. The highest BCUT2D eigenvalue weighted by Gasteiger charge is 2.25. The minimum Gasteiger partial charge on any atom is -0.344 e. The van der Waals surface area contributed by atoms with Crippen LogP contribution in [0.3, 0.4) is 0 Å². The number of fused-ring (bicyclic) bond motifs is 1. The number of amides is 1. The van der Waals surface area contributed by atoms with Crippen molar-refractivity contribution < 1.29 is 13.2 Å². The quantitative estimate of drug-likeness (QED) is 0.624. The molecule has 0 spiro atoms. The number of aromatic nitrogens is 3. The molecule has 0 bridgehead atoms. The van der Waals surface area contributed by atoms with Gasteiger partial charge in [-0.3, -0.25) is 9.52 Å². The van der Waals surface area contributed by atoms with Crippen LogP contribution in [0.2, 0.25) is 0 Å². The summed E-state index contributed by atoms with van der Waals surface area (Å²) in [5.74, 6) is 1.17. The third kappa shape index (κ3) is 4.18. The molecule has 3 aromatic rings. The Labute approximate surface area is 173 Å². The summed E-state index contributed by atoms with van der Waals surface area (Å²) in [6, 6.07) is 8.45. The van der Waals surface area contributed by atoms with Crippen LogP contribution < -0.4 is 10.0 Å². The van der Waals surface area contributed by atoms with Crippen molar-refractivity contribution in [2.24, 2.45) is 0 Å². The van der Waals surface area contributed by atoms with E-state index < -0.39 is 15.9 Å². The molecule has 0 radical (unpaired) electrons. The van der Waals surface area contributed by atoms with E-state index in [2.05, 4.69) is 20.2 Å². The smallest absolute Gasteiger partial charge is 0.263 e. The number of aryl methyl sites for hydroxylation is 2. The fourth-order valence-electron chi connectivity index (χ4n) is 3.25. The highest BCUT2D eigenvalue weighted by molar-refractivity contribution is 7.93. The standard InChI is InChI=1S/C19H21N5O3S2/c1-13-5-7-14(8-6-13)23-29(26,27)15-9-11-28-18(15)19(25)20-12-17-22-21-16-4-2-3-10-24(16)17/h5-9,11,23H,2-4,10,12H2,1H3,(H,20,25). The molecular weight excluding hydrogens is 410 g/mol. The van der Waals surface area contributed by atoms with E-state index in [9.17, 15) is 13.2 Å². The van der Waals surface area contributed by atoms with E-state index in [1.165, 1.54) is 6.07 Å². The molecule has 10 heteroatoms. The summed E-state index contributed by atoms with van der Waals surface area (Å²) in [7, 11) is -3.88. The highest BCUT2D eigenvalue weighted by atomic mass is 32.2. The molecule has 0 atom stereocenters. The van der Waals surface area contributed by atoms with Crippen molar-refractivity contribution in [3.8, 4) is 0 Å². The highest BCUT2D eigenvalue weighted by Crippen LogP contribution is 2.25. The number of rotatable bonds is 6. The van der Waals surface area contributed by atoms with E-state index in [-0.39, 0.29) is 16.3 Å². The van der Waals surface area contributed by atoms with Gasteiger partial charge in [-0.15, -0.1) is 21.5 Å². The van der Waals surface area contributed by atoms with E-state index >= 15 is 0 Å². The van der Waals surface area contributed by atoms with Crippen LogP contribution in [0.1, 0.15) is 39.7 Å². The van der Waals surface area contributed by atoms with Gasteiger partial charge in [0.1, 0.15) is 15.6 Å². The minimum absolute atomic E-state index is 0.0381. The first-order valence-corrected chi connectivity index (χ1v) is 11.7. The van der Waals surface area contributed by atoms with Gasteiger partial charge < -0.3 is 9.88 Å². The van der Waals surface area contributed by atoms with Crippen LogP contribution in [0.5, 0.6) is 0 Å². The SMILES string of the molecule is Cc1ccc(NS(=O)(=O)c2ccsc2C(=O)NCc2nnc3n2CCCC3)cc1. The number of nitrogens with one attached hydrogen (secondary N) is 2. The molecular formula is C19H21N5O3S2.